The standard InChI is InChI=1S/C25H30O8/c1-25(24(26)28-3)32-20-19(16-29-14-17-10-6-4-7-11-17)31-23(27-2)22(21(20)33-25)30-15-18-12-8-5-9-13-18/h4-13,19-23H,14-16H2,1-3H3/t19-,20+,21+,22-,23+,25+/m1/s1. The van der Waals surface area contributed by atoms with Crippen LogP contribution in [0.4, 0.5) is 0 Å². The van der Waals surface area contributed by atoms with Crippen molar-refractivity contribution in [2.24, 2.45) is 0 Å². The van der Waals surface area contributed by atoms with Gasteiger partial charge in [0, 0.05) is 14.0 Å². The highest BCUT2D eigenvalue weighted by Crippen LogP contribution is 2.40. The maximum Gasteiger partial charge on any atom is 0.366 e. The number of fused-ring (bicyclic) bond motifs is 1. The summed E-state index contributed by atoms with van der Waals surface area (Å²) in [6.45, 7) is 2.50. The van der Waals surface area contributed by atoms with Crippen LogP contribution < -0.4 is 0 Å². The molecule has 0 unspecified atom stereocenters. The van der Waals surface area contributed by atoms with Crippen LogP contribution in [-0.4, -0.2) is 63.3 Å². The lowest BCUT2D eigenvalue weighted by Gasteiger charge is -2.41. The van der Waals surface area contributed by atoms with E-state index >= 15 is 0 Å². The fraction of sp³-hybridized carbons (Fsp3) is 0.480. The van der Waals surface area contributed by atoms with E-state index in [2.05, 4.69) is 0 Å². The monoisotopic (exact) mass is 458 g/mol. The first-order valence-corrected chi connectivity index (χ1v) is 10.9. The maximum atomic E-state index is 12.4. The molecule has 0 aliphatic carbocycles. The second kappa shape index (κ2) is 10.7. The lowest BCUT2D eigenvalue weighted by molar-refractivity contribution is -0.288. The summed E-state index contributed by atoms with van der Waals surface area (Å²) in [7, 11) is 2.83. The number of rotatable bonds is 9. The molecular formula is C25H30O8. The molecule has 6 atom stereocenters. The average molecular weight is 459 g/mol. The zero-order valence-corrected chi connectivity index (χ0v) is 19.0. The first-order chi connectivity index (χ1) is 16.0. The highest BCUT2D eigenvalue weighted by molar-refractivity contribution is 5.77. The predicted molar refractivity (Wildman–Crippen MR) is 117 cm³/mol. The second-order valence-corrected chi connectivity index (χ2v) is 8.14. The summed E-state index contributed by atoms with van der Waals surface area (Å²) >= 11 is 0. The van der Waals surface area contributed by atoms with Crippen molar-refractivity contribution in [2.75, 3.05) is 20.8 Å². The Labute approximate surface area is 193 Å². The molecular weight excluding hydrogens is 428 g/mol. The van der Waals surface area contributed by atoms with Gasteiger partial charge in [-0.1, -0.05) is 60.7 Å². The topological polar surface area (TPSA) is 81.7 Å². The third kappa shape index (κ3) is 5.43. The minimum Gasteiger partial charge on any atom is -0.465 e. The molecule has 2 fully saturated rings. The van der Waals surface area contributed by atoms with E-state index in [-0.39, 0.29) is 6.61 Å². The van der Waals surface area contributed by atoms with Crippen molar-refractivity contribution >= 4 is 5.97 Å². The molecule has 2 saturated heterocycles. The molecule has 0 aromatic heterocycles. The van der Waals surface area contributed by atoms with Crippen LogP contribution in [0.15, 0.2) is 60.7 Å². The number of hydrogen-bond donors (Lipinski definition) is 0. The molecule has 0 spiro atoms. The number of esters is 1. The van der Waals surface area contributed by atoms with Gasteiger partial charge in [0.25, 0.3) is 5.79 Å². The number of carbonyl (C=O) groups excluding carboxylic acids is 1. The first-order valence-electron chi connectivity index (χ1n) is 10.9. The van der Waals surface area contributed by atoms with Gasteiger partial charge in [-0.15, -0.1) is 0 Å². The van der Waals surface area contributed by atoms with Gasteiger partial charge in [-0.2, -0.15) is 0 Å². The van der Waals surface area contributed by atoms with Crippen LogP contribution in [0.2, 0.25) is 0 Å². The van der Waals surface area contributed by atoms with Gasteiger partial charge in [-0.3, -0.25) is 0 Å². The predicted octanol–water partition coefficient (Wildman–Crippen LogP) is 2.83. The van der Waals surface area contributed by atoms with Crippen LogP contribution in [0.25, 0.3) is 0 Å². The Hall–Kier alpha value is -2.33. The van der Waals surface area contributed by atoms with Crippen molar-refractivity contribution in [3.8, 4) is 0 Å². The zero-order chi connectivity index (χ0) is 23.3. The highest BCUT2D eigenvalue weighted by atomic mass is 16.8. The molecule has 2 heterocycles. The first kappa shape index (κ1) is 23.8. The van der Waals surface area contributed by atoms with Crippen LogP contribution in [0, 0.1) is 0 Å². The summed E-state index contributed by atoms with van der Waals surface area (Å²) in [5.41, 5.74) is 2.03. The van der Waals surface area contributed by atoms with E-state index in [0.29, 0.717) is 13.2 Å². The van der Waals surface area contributed by atoms with Crippen LogP contribution in [0.5, 0.6) is 0 Å². The van der Waals surface area contributed by atoms with E-state index in [1.807, 2.05) is 60.7 Å². The minimum atomic E-state index is -1.58. The largest absolute Gasteiger partial charge is 0.465 e. The van der Waals surface area contributed by atoms with Crippen molar-refractivity contribution < 1.29 is 38.0 Å². The van der Waals surface area contributed by atoms with E-state index in [1.165, 1.54) is 14.0 Å². The van der Waals surface area contributed by atoms with Gasteiger partial charge in [0.15, 0.2) is 6.29 Å². The molecule has 2 aliphatic heterocycles. The van der Waals surface area contributed by atoms with E-state index in [0.717, 1.165) is 11.1 Å². The van der Waals surface area contributed by atoms with Crippen LogP contribution in [-0.2, 0) is 51.2 Å². The zero-order valence-electron chi connectivity index (χ0n) is 19.0. The molecule has 0 N–H and O–H groups in total. The fourth-order valence-corrected chi connectivity index (χ4v) is 4.12. The number of methoxy groups -OCH3 is 2. The Morgan fingerprint density at radius 1 is 0.909 bits per heavy atom. The van der Waals surface area contributed by atoms with Gasteiger partial charge < -0.3 is 33.2 Å². The van der Waals surface area contributed by atoms with Crippen LogP contribution >= 0.6 is 0 Å². The van der Waals surface area contributed by atoms with Crippen molar-refractivity contribution in [3.63, 3.8) is 0 Å². The Morgan fingerprint density at radius 2 is 1.52 bits per heavy atom. The van der Waals surface area contributed by atoms with Gasteiger partial charge >= 0.3 is 5.97 Å². The third-order valence-corrected chi connectivity index (χ3v) is 5.78. The molecule has 2 aromatic carbocycles. The lowest BCUT2D eigenvalue weighted by atomic mass is 9.99. The molecule has 0 bridgehead atoms. The molecule has 8 nitrogen and oxygen atoms in total. The summed E-state index contributed by atoms with van der Waals surface area (Å²) in [5.74, 6) is -2.21. The smallest absolute Gasteiger partial charge is 0.366 e. The van der Waals surface area contributed by atoms with Gasteiger partial charge in [-0.05, 0) is 11.1 Å². The molecule has 33 heavy (non-hydrogen) atoms. The van der Waals surface area contributed by atoms with E-state index in [9.17, 15) is 4.79 Å². The molecule has 178 valence electrons. The third-order valence-electron chi connectivity index (χ3n) is 5.78. The normalized spacial score (nSPS) is 31.2. The summed E-state index contributed by atoms with van der Waals surface area (Å²) in [4.78, 5) is 12.4. The van der Waals surface area contributed by atoms with Crippen molar-refractivity contribution in [2.45, 2.75) is 56.6 Å². The molecule has 2 aliphatic rings. The van der Waals surface area contributed by atoms with E-state index in [4.69, 9.17) is 33.2 Å². The van der Waals surface area contributed by atoms with Crippen molar-refractivity contribution in [3.05, 3.63) is 71.8 Å². The summed E-state index contributed by atoms with van der Waals surface area (Å²) in [6, 6.07) is 19.6. The van der Waals surface area contributed by atoms with Gasteiger partial charge in [-0.25, -0.2) is 4.79 Å². The maximum absolute atomic E-state index is 12.4. The quantitative estimate of drug-likeness (QED) is 0.531. The van der Waals surface area contributed by atoms with Gasteiger partial charge in [0.05, 0.1) is 26.9 Å². The number of carbonyl (C=O) groups is 1. The Kier molecular flexibility index (Phi) is 7.75. The average Bonchev–Trinajstić information content (AvgIpc) is 3.22. The van der Waals surface area contributed by atoms with E-state index in [1.54, 1.807) is 7.11 Å². The Balaban J connectivity index is 1.49. The molecule has 0 radical (unpaired) electrons. The SMILES string of the molecule is COC(=O)[C@]1(C)O[C@H]2[C@@H](O1)[C@@H](COCc1ccccc1)O[C@H](OC)[C@@H]2OCc1ccccc1. The Morgan fingerprint density at radius 3 is 2.12 bits per heavy atom. The molecule has 4 rings (SSSR count). The van der Waals surface area contributed by atoms with Gasteiger partial charge in [0.1, 0.15) is 24.4 Å². The van der Waals surface area contributed by atoms with Crippen LogP contribution in [0.1, 0.15) is 18.1 Å². The Bertz CT molecular complexity index is 892. The molecule has 8 heteroatoms. The van der Waals surface area contributed by atoms with Crippen molar-refractivity contribution in [1.29, 1.82) is 0 Å². The number of hydrogen-bond acceptors (Lipinski definition) is 8. The van der Waals surface area contributed by atoms with E-state index < -0.39 is 42.5 Å². The van der Waals surface area contributed by atoms with Crippen LogP contribution in [0.3, 0.4) is 0 Å². The highest BCUT2D eigenvalue weighted by Gasteiger charge is 2.60. The van der Waals surface area contributed by atoms with Gasteiger partial charge in [0.2, 0.25) is 0 Å². The second-order valence-electron chi connectivity index (χ2n) is 8.14. The number of ether oxygens (including phenoxy) is 7. The minimum absolute atomic E-state index is 0.224. The molecule has 0 amide bonds. The summed E-state index contributed by atoms with van der Waals surface area (Å²) in [5, 5.41) is 0. The van der Waals surface area contributed by atoms with Crippen molar-refractivity contribution in [1.82, 2.24) is 0 Å². The number of benzene rings is 2. The lowest BCUT2D eigenvalue weighted by Crippen LogP contribution is -2.58. The summed E-state index contributed by atoms with van der Waals surface area (Å²) < 4.78 is 40.9. The summed E-state index contributed by atoms with van der Waals surface area (Å²) in [6.07, 6.45) is -3.13. The molecule has 2 aromatic rings. The molecule has 0 saturated carbocycles. The fourth-order valence-electron chi connectivity index (χ4n) is 4.12.